The van der Waals surface area contributed by atoms with Gasteiger partial charge in [-0.25, -0.2) is 0 Å². The maximum absolute atomic E-state index is 4.55. The van der Waals surface area contributed by atoms with Crippen LogP contribution >= 0.6 is 11.3 Å². The first-order chi connectivity index (χ1) is 65.7. The Morgan fingerprint density at radius 2 is 0.526 bits per heavy atom. The van der Waals surface area contributed by atoms with Crippen LogP contribution in [0.3, 0.4) is 0 Å². The summed E-state index contributed by atoms with van der Waals surface area (Å²) in [7, 11) is 0. The fourth-order valence-electron chi connectivity index (χ4n) is 19.5. The Labute approximate surface area is 776 Å². The highest BCUT2D eigenvalue weighted by molar-refractivity contribution is 7.21. The van der Waals surface area contributed by atoms with Gasteiger partial charge in [-0.3, -0.25) is 9.97 Å². The summed E-state index contributed by atoms with van der Waals surface area (Å²) in [5.74, 6) is 0. The van der Waals surface area contributed by atoms with Gasteiger partial charge in [0, 0.05) is 122 Å². The molecule has 0 aliphatic rings. The normalized spacial score (nSPS) is 11.4. The fraction of sp³-hybridized carbons (Fsp3) is 0.0244. The summed E-state index contributed by atoms with van der Waals surface area (Å²) in [6, 6.07) is 170. The lowest BCUT2D eigenvalue weighted by atomic mass is 10.0. The van der Waals surface area contributed by atoms with Crippen molar-refractivity contribution in [2.24, 2.45) is 0 Å². The molecular formula is C123H89N9S. The van der Waals surface area contributed by atoms with E-state index in [1.165, 1.54) is 125 Å². The predicted molar refractivity (Wildman–Crippen MR) is 562 cm³/mol. The van der Waals surface area contributed by atoms with Gasteiger partial charge in [0.1, 0.15) is 5.00 Å². The van der Waals surface area contributed by atoms with Crippen LogP contribution in [-0.4, -0.2) is 28.2 Å². The van der Waals surface area contributed by atoms with Crippen molar-refractivity contribution in [1.82, 2.24) is 28.2 Å². The molecule has 10 heteroatoms. The van der Waals surface area contributed by atoms with Gasteiger partial charge in [-0.05, 0) is 261 Å². The minimum absolute atomic E-state index is 0.973. The first-order valence-corrected chi connectivity index (χ1v) is 46.1. The van der Waals surface area contributed by atoms with E-state index < -0.39 is 0 Å². The van der Waals surface area contributed by atoms with Crippen molar-refractivity contribution in [1.29, 1.82) is 0 Å². The molecular weight excluding hydrogens is 1640 g/mol. The van der Waals surface area contributed by atoms with E-state index in [1.54, 1.807) is 0 Å². The van der Waals surface area contributed by atoms with E-state index >= 15 is 0 Å². The van der Waals surface area contributed by atoms with Crippen molar-refractivity contribution >= 4 is 160 Å². The van der Waals surface area contributed by atoms with Crippen molar-refractivity contribution in [3.8, 4) is 55.7 Å². The number of benzene rings is 18. The van der Waals surface area contributed by atoms with Crippen LogP contribution in [0.1, 0.15) is 16.7 Å². The van der Waals surface area contributed by atoms with E-state index in [-0.39, 0.29) is 0 Å². The lowest BCUT2D eigenvalue weighted by Crippen LogP contribution is -2.10. The molecule has 0 N–H and O–H groups in total. The zero-order valence-electron chi connectivity index (χ0n) is 73.6. The summed E-state index contributed by atoms with van der Waals surface area (Å²) in [6.07, 6.45) is 3.68. The Kier molecular flexibility index (Phi) is 21.0. The lowest BCUT2D eigenvalue weighted by Gasteiger charge is -2.27. The van der Waals surface area contributed by atoms with Gasteiger partial charge in [-0.1, -0.05) is 266 Å². The molecule has 0 bridgehead atoms. The minimum Gasteiger partial charge on any atom is -0.310 e. The van der Waals surface area contributed by atoms with Gasteiger partial charge in [0.25, 0.3) is 0 Å². The standard InChI is InChI=1S/C44H29N3S.C42H31N3.C37H29N3/c1-2-14-31(15-3-1)45(32-25-27-33(28-26-32)46-37-19-8-5-16-34(37)35-17-6-9-20-38(35)46)40-22-12-23-41-44(40)36-18-7-10-21-39(36)47(41)43-29-30-13-4-11-24-42(30)48-43;1-30-17-23-34(24-18-30)44(35-25-19-32(20-26-35)31-10-3-2-4-11-31)40-15-9-16-41-42(40)37-12-5-6-14-39(37)45(41)36-27-21-33(22-28-36)38-13-7-8-29-43-38;1-26-10-7-12-30(24-26)39(31-13-8-11-27(2)25-31)35-17-9-18-36-37(35)32-14-3-4-16-34(32)40(36)29-21-19-28(20-22-29)33-15-5-6-23-38-33/h1-29H;2-29H,1H3;3-25H,1-2H3. The number of hydrogen-bond donors (Lipinski definition) is 0. The van der Waals surface area contributed by atoms with Crippen LogP contribution in [0, 0.1) is 20.8 Å². The Bertz CT molecular complexity index is 8440. The second-order valence-corrected chi connectivity index (χ2v) is 34.9. The average molecular weight is 1730 g/mol. The molecule has 25 aromatic rings. The zero-order chi connectivity index (χ0) is 88.8. The molecule has 0 fully saturated rings. The highest BCUT2D eigenvalue weighted by Gasteiger charge is 2.27. The third-order valence-corrected chi connectivity index (χ3v) is 26.7. The predicted octanol–water partition coefficient (Wildman–Crippen LogP) is 33.8. The van der Waals surface area contributed by atoms with Crippen LogP contribution in [0.2, 0.25) is 0 Å². The number of hydrogen-bond acceptors (Lipinski definition) is 6. The van der Waals surface area contributed by atoms with Crippen molar-refractivity contribution in [3.05, 3.63) is 502 Å². The maximum Gasteiger partial charge on any atom is 0.101 e. The van der Waals surface area contributed by atoms with E-state index in [4.69, 9.17) is 0 Å². The van der Waals surface area contributed by atoms with Gasteiger partial charge in [0.2, 0.25) is 0 Å². The molecule has 0 spiro atoms. The number of anilines is 9. The number of para-hydroxylation sites is 6. The topological polar surface area (TPSA) is 55.2 Å². The van der Waals surface area contributed by atoms with Crippen molar-refractivity contribution in [2.75, 3.05) is 14.7 Å². The van der Waals surface area contributed by atoms with Gasteiger partial charge in [0.15, 0.2) is 0 Å². The molecule has 18 aromatic carbocycles. The minimum atomic E-state index is 0.973. The van der Waals surface area contributed by atoms with Crippen LogP contribution in [0.5, 0.6) is 0 Å². The number of aromatic nitrogens is 6. The highest BCUT2D eigenvalue weighted by atomic mass is 32.1. The number of fused-ring (bicyclic) bond motifs is 13. The second-order valence-electron chi connectivity index (χ2n) is 33.9. The summed E-state index contributed by atoms with van der Waals surface area (Å²) < 4.78 is 10.9. The molecule has 0 unspecified atom stereocenters. The molecule has 0 aliphatic heterocycles. The Morgan fingerprint density at radius 3 is 0.970 bits per heavy atom. The van der Waals surface area contributed by atoms with Crippen LogP contribution < -0.4 is 14.7 Å². The molecule has 0 saturated heterocycles. The van der Waals surface area contributed by atoms with Crippen LogP contribution in [-0.2, 0) is 0 Å². The van der Waals surface area contributed by atoms with E-state index in [1.807, 2.05) is 60.1 Å². The smallest absolute Gasteiger partial charge is 0.101 e. The number of aryl methyl sites for hydroxylation is 3. The molecule has 9 nitrogen and oxygen atoms in total. The van der Waals surface area contributed by atoms with Crippen LogP contribution in [0.25, 0.3) is 153 Å². The number of pyridine rings is 2. The molecule has 0 saturated carbocycles. The molecule has 0 radical (unpaired) electrons. The molecule has 632 valence electrons. The van der Waals surface area contributed by atoms with Crippen LogP contribution in [0.15, 0.2) is 486 Å². The summed E-state index contributed by atoms with van der Waals surface area (Å²) in [6.45, 7) is 6.44. The molecule has 0 amide bonds. The third-order valence-electron chi connectivity index (χ3n) is 25.6. The molecule has 7 heterocycles. The van der Waals surface area contributed by atoms with Gasteiger partial charge >= 0.3 is 0 Å². The molecule has 0 aliphatic carbocycles. The fourth-order valence-corrected chi connectivity index (χ4v) is 20.6. The first-order valence-electron chi connectivity index (χ1n) is 45.2. The third kappa shape index (κ3) is 14.9. The SMILES string of the molecule is Cc1ccc(N(c2ccc(-c3ccccc3)cc2)c2cccc3c2c2ccccc2n3-c2ccc(-c3ccccn3)cc2)cc1.Cc1cccc(N(c2cccc(C)c2)c2cccc3c2c2ccccc2n3-c2ccc(-c3ccccn3)cc2)c1.c1ccc(N(c2ccc(-n3c4ccccc4c4ccccc43)cc2)c2cccc3c2c2ccccc2n3-c2cc3ccccc3s2)cc1. The van der Waals surface area contributed by atoms with E-state index in [0.29, 0.717) is 0 Å². The molecule has 25 rings (SSSR count). The maximum atomic E-state index is 4.55. The van der Waals surface area contributed by atoms with Crippen LogP contribution in [0.4, 0.5) is 51.2 Å². The number of nitrogens with zero attached hydrogens (tertiary/aromatic N) is 9. The molecule has 133 heavy (non-hydrogen) atoms. The monoisotopic (exact) mass is 1720 g/mol. The zero-order valence-corrected chi connectivity index (χ0v) is 74.4. The summed E-state index contributed by atoms with van der Waals surface area (Å²) >= 11 is 1.84. The summed E-state index contributed by atoms with van der Waals surface area (Å²) in [5, 5.41) is 12.4. The largest absolute Gasteiger partial charge is 0.310 e. The summed E-state index contributed by atoms with van der Waals surface area (Å²) in [5.41, 5.74) is 33.4. The van der Waals surface area contributed by atoms with Gasteiger partial charge in [0.05, 0.1) is 72.6 Å². The Morgan fingerprint density at radius 1 is 0.211 bits per heavy atom. The number of rotatable bonds is 16. The Hall–Kier alpha value is -17.2. The molecule has 7 aromatic heterocycles. The quantitative estimate of drug-likeness (QED) is 0.0965. The van der Waals surface area contributed by atoms with Gasteiger partial charge < -0.3 is 33.0 Å². The average Bonchev–Trinajstić information content (AvgIpc) is 1.58. The Balaban J connectivity index is 0.000000113. The van der Waals surface area contributed by atoms with Crippen molar-refractivity contribution in [2.45, 2.75) is 20.8 Å². The summed E-state index contributed by atoms with van der Waals surface area (Å²) in [4.78, 5) is 16.3. The lowest BCUT2D eigenvalue weighted by molar-refractivity contribution is 1.17. The van der Waals surface area contributed by atoms with Gasteiger partial charge in [-0.2, -0.15) is 0 Å². The molecule has 0 atom stereocenters. The van der Waals surface area contributed by atoms with Crippen molar-refractivity contribution < 1.29 is 0 Å². The second kappa shape index (κ2) is 34.8. The van der Waals surface area contributed by atoms with E-state index in [0.717, 1.165) is 96.3 Å². The first kappa shape index (κ1) is 80.4. The van der Waals surface area contributed by atoms with Crippen molar-refractivity contribution in [3.63, 3.8) is 0 Å². The van der Waals surface area contributed by atoms with Gasteiger partial charge in [-0.15, -0.1) is 11.3 Å². The van der Waals surface area contributed by atoms with E-state index in [9.17, 15) is 0 Å². The number of thiophene rings is 1. The highest BCUT2D eigenvalue weighted by Crippen LogP contribution is 2.50. The van der Waals surface area contributed by atoms with E-state index in [2.05, 4.69) is 500 Å².